The van der Waals surface area contributed by atoms with Gasteiger partial charge in [0.05, 0.1) is 0 Å². The van der Waals surface area contributed by atoms with Crippen LogP contribution in [0.15, 0.2) is 24.3 Å². The molecule has 96 valence electrons. The summed E-state index contributed by atoms with van der Waals surface area (Å²) in [6.07, 6.45) is 2.58. The van der Waals surface area contributed by atoms with E-state index in [1.807, 2.05) is 0 Å². The zero-order valence-electron chi connectivity index (χ0n) is 11.8. The molecular weight excluding hydrogens is 206 g/mol. The van der Waals surface area contributed by atoms with Gasteiger partial charge in [0.15, 0.2) is 0 Å². The van der Waals surface area contributed by atoms with Crippen LogP contribution in [0.5, 0.6) is 0 Å². The van der Waals surface area contributed by atoms with Crippen molar-refractivity contribution < 1.29 is 0 Å². The Morgan fingerprint density at radius 3 is 2.59 bits per heavy atom. The number of likely N-dealkylation sites (N-methyl/N-ethyl adjacent to an activating group) is 1. The summed E-state index contributed by atoms with van der Waals surface area (Å²) in [5, 5.41) is 3.51. The highest BCUT2D eigenvalue weighted by atomic mass is 14.8. The van der Waals surface area contributed by atoms with Crippen LogP contribution in [0.4, 0.5) is 0 Å². The minimum Gasteiger partial charge on any atom is -0.316 e. The maximum absolute atomic E-state index is 3.51. The normalized spacial score (nSPS) is 14.6. The minimum atomic E-state index is 0.648. The van der Waals surface area contributed by atoms with Crippen molar-refractivity contribution in [2.75, 3.05) is 13.1 Å². The van der Waals surface area contributed by atoms with E-state index in [9.17, 15) is 0 Å². The standard InChI is InChI=1S/C16H27N/c1-5-8-14(4)16(12-17-6-2)15-10-7-9-13(3)11-15/h7,9-11,14,16-17H,5-6,8,12H2,1-4H3. The van der Waals surface area contributed by atoms with E-state index in [-0.39, 0.29) is 0 Å². The summed E-state index contributed by atoms with van der Waals surface area (Å²) in [6.45, 7) is 11.2. The zero-order valence-corrected chi connectivity index (χ0v) is 11.8. The van der Waals surface area contributed by atoms with Gasteiger partial charge in [0, 0.05) is 6.54 Å². The third-order valence-electron chi connectivity index (χ3n) is 3.52. The van der Waals surface area contributed by atoms with Crippen molar-refractivity contribution >= 4 is 0 Å². The molecule has 0 saturated heterocycles. The SMILES string of the molecule is CCCC(C)C(CNCC)c1cccc(C)c1. The molecule has 1 nitrogen and oxygen atoms in total. The van der Waals surface area contributed by atoms with Crippen LogP contribution < -0.4 is 5.32 Å². The molecule has 2 unspecified atom stereocenters. The molecule has 0 aliphatic heterocycles. The molecular formula is C16H27N. The lowest BCUT2D eigenvalue weighted by molar-refractivity contribution is 0.406. The van der Waals surface area contributed by atoms with E-state index in [0.717, 1.165) is 19.0 Å². The van der Waals surface area contributed by atoms with Crippen molar-refractivity contribution in [3.63, 3.8) is 0 Å². The number of hydrogen-bond donors (Lipinski definition) is 1. The maximum atomic E-state index is 3.51. The van der Waals surface area contributed by atoms with Gasteiger partial charge in [-0.15, -0.1) is 0 Å². The minimum absolute atomic E-state index is 0.648. The van der Waals surface area contributed by atoms with Gasteiger partial charge in [-0.1, -0.05) is 63.4 Å². The van der Waals surface area contributed by atoms with Gasteiger partial charge in [-0.3, -0.25) is 0 Å². The number of benzene rings is 1. The van der Waals surface area contributed by atoms with Crippen molar-refractivity contribution in [1.82, 2.24) is 5.32 Å². The monoisotopic (exact) mass is 233 g/mol. The molecule has 1 rings (SSSR count). The molecule has 0 aliphatic carbocycles. The second kappa shape index (κ2) is 7.50. The molecule has 0 radical (unpaired) electrons. The summed E-state index contributed by atoms with van der Waals surface area (Å²) in [5.74, 6) is 1.40. The summed E-state index contributed by atoms with van der Waals surface area (Å²) in [6, 6.07) is 8.98. The summed E-state index contributed by atoms with van der Waals surface area (Å²) < 4.78 is 0. The molecule has 1 N–H and O–H groups in total. The van der Waals surface area contributed by atoms with Crippen LogP contribution >= 0.6 is 0 Å². The Labute approximate surface area is 107 Å². The fourth-order valence-electron chi connectivity index (χ4n) is 2.50. The topological polar surface area (TPSA) is 12.0 Å². The summed E-state index contributed by atoms with van der Waals surface area (Å²) in [7, 11) is 0. The van der Waals surface area contributed by atoms with Crippen molar-refractivity contribution in [2.45, 2.75) is 46.5 Å². The maximum Gasteiger partial charge on any atom is 0.00226 e. The van der Waals surface area contributed by atoms with Crippen LogP contribution in [0.3, 0.4) is 0 Å². The van der Waals surface area contributed by atoms with E-state index < -0.39 is 0 Å². The quantitative estimate of drug-likeness (QED) is 0.747. The second-order valence-electron chi connectivity index (χ2n) is 5.09. The fourth-order valence-corrected chi connectivity index (χ4v) is 2.50. The van der Waals surface area contributed by atoms with Gasteiger partial charge >= 0.3 is 0 Å². The molecule has 1 heteroatoms. The van der Waals surface area contributed by atoms with Crippen LogP contribution in [0.25, 0.3) is 0 Å². The van der Waals surface area contributed by atoms with Gasteiger partial charge in [-0.05, 0) is 30.9 Å². The average molecular weight is 233 g/mol. The molecule has 0 spiro atoms. The first-order valence-electron chi connectivity index (χ1n) is 6.96. The fraction of sp³-hybridized carbons (Fsp3) is 0.625. The highest BCUT2D eigenvalue weighted by Crippen LogP contribution is 2.27. The van der Waals surface area contributed by atoms with Crippen molar-refractivity contribution in [1.29, 1.82) is 0 Å². The van der Waals surface area contributed by atoms with Crippen LogP contribution in [0.1, 0.15) is 50.7 Å². The summed E-state index contributed by atoms with van der Waals surface area (Å²) in [4.78, 5) is 0. The molecule has 0 amide bonds. The smallest absolute Gasteiger partial charge is 0.00226 e. The second-order valence-corrected chi connectivity index (χ2v) is 5.09. The Balaban J connectivity index is 2.81. The third-order valence-corrected chi connectivity index (χ3v) is 3.52. The first-order valence-corrected chi connectivity index (χ1v) is 6.96. The van der Waals surface area contributed by atoms with E-state index >= 15 is 0 Å². The Morgan fingerprint density at radius 1 is 1.24 bits per heavy atom. The number of hydrogen-bond acceptors (Lipinski definition) is 1. The van der Waals surface area contributed by atoms with Crippen molar-refractivity contribution in [3.8, 4) is 0 Å². The Morgan fingerprint density at radius 2 is 2.00 bits per heavy atom. The van der Waals surface area contributed by atoms with Gasteiger partial charge in [0.25, 0.3) is 0 Å². The zero-order chi connectivity index (χ0) is 12.7. The molecule has 17 heavy (non-hydrogen) atoms. The van der Waals surface area contributed by atoms with E-state index in [0.29, 0.717) is 5.92 Å². The van der Waals surface area contributed by atoms with E-state index in [1.54, 1.807) is 0 Å². The van der Waals surface area contributed by atoms with Crippen LogP contribution in [0.2, 0.25) is 0 Å². The van der Waals surface area contributed by atoms with Crippen LogP contribution in [-0.4, -0.2) is 13.1 Å². The van der Waals surface area contributed by atoms with Crippen molar-refractivity contribution in [2.24, 2.45) is 5.92 Å². The highest BCUT2D eigenvalue weighted by Gasteiger charge is 2.18. The van der Waals surface area contributed by atoms with Crippen LogP contribution in [-0.2, 0) is 0 Å². The predicted molar refractivity (Wildman–Crippen MR) is 76.5 cm³/mol. The molecule has 0 bridgehead atoms. The summed E-state index contributed by atoms with van der Waals surface area (Å²) >= 11 is 0. The highest BCUT2D eigenvalue weighted by molar-refractivity contribution is 5.26. The summed E-state index contributed by atoms with van der Waals surface area (Å²) in [5.41, 5.74) is 2.86. The Kier molecular flexibility index (Phi) is 6.28. The van der Waals surface area contributed by atoms with E-state index in [1.165, 1.54) is 24.0 Å². The van der Waals surface area contributed by atoms with Crippen LogP contribution in [0, 0.1) is 12.8 Å². The lowest BCUT2D eigenvalue weighted by Crippen LogP contribution is -2.25. The molecule has 0 aromatic heterocycles. The van der Waals surface area contributed by atoms with Gasteiger partial charge < -0.3 is 5.32 Å². The van der Waals surface area contributed by atoms with Gasteiger partial charge in [0.1, 0.15) is 0 Å². The Bertz CT molecular complexity index is 319. The molecule has 0 heterocycles. The number of nitrogens with one attached hydrogen (secondary N) is 1. The lowest BCUT2D eigenvalue weighted by Gasteiger charge is -2.25. The predicted octanol–water partition coefficient (Wildman–Crippen LogP) is 4.12. The van der Waals surface area contributed by atoms with Gasteiger partial charge in [0.2, 0.25) is 0 Å². The molecule has 1 aromatic rings. The molecule has 0 saturated carbocycles. The van der Waals surface area contributed by atoms with Gasteiger partial charge in [-0.25, -0.2) is 0 Å². The lowest BCUT2D eigenvalue weighted by atomic mass is 9.84. The van der Waals surface area contributed by atoms with Gasteiger partial charge in [-0.2, -0.15) is 0 Å². The number of aryl methyl sites for hydroxylation is 1. The first kappa shape index (κ1) is 14.2. The van der Waals surface area contributed by atoms with E-state index in [4.69, 9.17) is 0 Å². The van der Waals surface area contributed by atoms with Crippen molar-refractivity contribution in [3.05, 3.63) is 35.4 Å². The first-order chi connectivity index (χ1) is 8.19. The number of rotatable bonds is 7. The molecule has 0 aliphatic rings. The largest absolute Gasteiger partial charge is 0.316 e. The average Bonchev–Trinajstić information content (AvgIpc) is 2.30. The third kappa shape index (κ3) is 4.51. The Hall–Kier alpha value is -0.820. The molecule has 2 atom stereocenters. The molecule has 0 fully saturated rings. The molecule has 1 aromatic carbocycles. The van der Waals surface area contributed by atoms with E-state index in [2.05, 4.69) is 57.3 Å².